The largest absolute Gasteiger partial charge is 0.426 e. The second-order valence-electron chi connectivity index (χ2n) is 13.2. The average Bonchev–Trinajstić information content (AvgIpc) is 3.61. The van der Waals surface area contributed by atoms with Gasteiger partial charge in [0.05, 0.1) is 50.3 Å². The van der Waals surface area contributed by atoms with Gasteiger partial charge in [-0.15, -0.1) is 0 Å². The molecule has 0 aromatic heterocycles. The highest BCUT2D eigenvalue weighted by Gasteiger charge is 2.36. The van der Waals surface area contributed by atoms with E-state index in [1.807, 2.05) is 44.2 Å². The number of allylic oxidation sites excluding steroid dienone is 1. The zero-order chi connectivity index (χ0) is 36.8. The van der Waals surface area contributed by atoms with E-state index in [9.17, 15) is 24.4 Å². The Balaban J connectivity index is 1.08. The van der Waals surface area contributed by atoms with Crippen molar-refractivity contribution >= 4 is 47.4 Å². The molecular weight excluding hydrogens is 701 g/mol. The SMILES string of the molecule is [C-]#[N+]C(C#N)=C1Sc2c(OC(=O)C3CCC(C(=O)Oc4ccc(C)cc4)CC3)ccc(OC(=O)C3CCC(C(=O)Oc4ccc(C)cc4)CC3)c2S1. The van der Waals surface area contributed by atoms with Crippen molar-refractivity contribution in [3.8, 4) is 29.1 Å². The molecule has 2 fully saturated rings. The number of aryl methyl sites for hydroxylation is 2. The minimum absolute atomic E-state index is 0.118. The van der Waals surface area contributed by atoms with Crippen LogP contribution in [0.3, 0.4) is 0 Å². The molecule has 1 aliphatic heterocycles. The van der Waals surface area contributed by atoms with Gasteiger partial charge in [0.1, 0.15) is 23.0 Å². The Labute approximate surface area is 310 Å². The monoisotopic (exact) mass is 736 g/mol. The summed E-state index contributed by atoms with van der Waals surface area (Å²) in [5.41, 5.74) is 2.01. The van der Waals surface area contributed by atoms with Gasteiger partial charge in [-0.25, -0.2) is 10.1 Å². The van der Waals surface area contributed by atoms with E-state index in [0.29, 0.717) is 76.9 Å². The summed E-state index contributed by atoms with van der Waals surface area (Å²) in [6.45, 7) is 11.4. The molecule has 0 N–H and O–H groups in total. The van der Waals surface area contributed by atoms with Gasteiger partial charge >= 0.3 is 23.9 Å². The molecule has 3 aliphatic rings. The number of esters is 4. The molecule has 1 heterocycles. The third kappa shape index (κ3) is 8.70. The number of thioether (sulfide) groups is 2. The molecule has 2 aliphatic carbocycles. The van der Waals surface area contributed by atoms with Gasteiger partial charge in [0, 0.05) is 0 Å². The summed E-state index contributed by atoms with van der Waals surface area (Å²) in [4.78, 5) is 56.6. The number of rotatable bonds is 8. The molecule has 266 valence electrons. The van der Waals surface area contributed by atoms with Crippen molar-refractivity contribution in [2.24, 2.45) is 23.7 Å². The van der Waals surface area contributed by atoms with E-state index in [-0.39, 0.29) is 41.0 Å². The Hall–Kier alpha value is -5.04. The maximum atomic E-state index is 13.4. The Morgan fingerprint density at radius 3 is 1.23 bits per heavy atom. The molecule has 12 heteroatoms. The van der Waals surface area contributed by atoms with Crippen LogP contribution in [0, 0.1) is 55.4 Å². The minimum Gasteiger partial charge on any atom is -0.426 e. The second kappa shape index (κ2) is 16.5. The van der Waals surface area contributed by atoms with E-state index in [1.54, 1.807) is 36.4 Å². The number of ether oxygens (including phenoxy) is 4. The van der Waals surface area contributed by atoms with Gasteiger partial charge in [0.15, 0.2) is 0 Å². The van der Waals surface area contributed by atoms with Gasteiger partial charge in [-0.1, -0.05) is 58.9 Å². The molecule has 0 bridgehead atoms. The van der Waals surface area contributed by atoms with E-state index in [2.05, 4.69) is 4.85 Å². The Morgan fingerprint density at radius 2 is 0.923 bits per heavy atom. The van der Waals surface area contributed by atoms with Gasteiger partial charge < -0.3 is 18.9 Å². The highest BCUT2D eigenvalue weighted by atomic mass is 32.2. The molecular formula is C40H36N2O8S2. The number of fused-ring (bicyclic) bond motifs is 1. The van der Waals surface area contributed by atoms with Crippen molar-refractivity contribution in [2.75, 3.05) is 0 Å². The van der Waals surface area contributed by atoms with Gasteiger partial charge in [-0.3, -0.25) is 19.2 Å². The fraction of sp³-hybridized carbons (Fsp3) is 0.350. The van der Waals surface area contributed by atoms with E-state index in [4.69, 9.17) is 25.5 Å². The first-order valence-corrected chi connectivity index (χ1v) is 18.8. The molecule has 0 amide bonds. The topological polar surface area (TPSA) is 133 Å². The maximum Gasteiger partial charge on any atom is 0.314 e. The quantitative estimate of drug-likeness (QED) is 0.0951. The number of carbonyl (C=O) groups excluding carboxylic acids is 4. The van der Waals surface area contributed by atoms with Crippen molar-refractivity contribution in [3.05, 3.63) is 93.1 Å². The Bertz CT molecular complexity index is 1840. The van der Waals surface area contributed by atoms with E-state index >= 15 is 0 Å². The lowest BCUT2D eigenvalue weighted by molar-refractivity contribution is -0.145. The molecule has 3 aromatic carbocycles. The first kappa shape index (κ1) is 36.7. The summed E-state index contributed by atoms with van der Waals surface area (Å²) in [5.74, 6) is -1.52. The van der Waals surface area contributed by atoms with Crippen LogP contribution in [0.15, 0.2) is 80.4 Å². The van der Waals surface area contributed by atoms with Crippen LogP contribution in [0.4, 0.5) is 0 Å². The predicted molar refractivity (Wildman–Crippen MR) is 193 cm³/mol. The lowest BCUT2D eigenvalue weighted by Crippen LogP contribution is -2.30. The number of nitriles is 1. The minimum atomic E-state index is -0.441. The zero-order valence-corrected chi connectivity index (χ0v) is 30.3. The summed E-state index contributed by atoms with van der Waals surface area (Å²) >= 11 is 2.24. The number of nitrogens with zero attached hydrogens (tertiary/aromatic N) is 2. The first-order valence-electron chi connectivity index (χ1n) is 17.2. The average molecular weight is 737 g/mol. The molecule has 0 spiro atoms. The molecule has 6 rings (SSSR count). The normalized spacial score (nSPS) is 20.7. The standard InChI is InChI=1S/C40H36N2O8S2/c1-23-4-16-29(17-5-23)47-36(43)25-8-12-27(13-9-25)38(45)49-32-20-21-33(35-34(32)51-40(52-35)31(22-41)42-3)50-39(46)28-14-10-26(11-15-28)37(44)48-30-18-6-24(2)7-19-30/h4-7,16-21,25-28H,8-15H2,1-2H3. The Kier molecular flexibility index (Phi) is 11.7. The van der Waals surface area contributed by atoms with Crippen LogP contribution < -0.4 is 18.9 Å². The van der Waals surface area contributed by atoms with E-state index in [1.165, 1.54) is 0 Å². The molecule has 52 heavy (non-hydrogen) atoms. The smallest absolute Gasteiger partial charge is 0.314 e. The predicted octanol–water partition coefficient (Wildman–Crippen LogP) is 8.75. The third-order valence-electron chi connectivity index (χ3n) is 9.53. The summed E-state index contributed by atoms with van der Waals surface area (Å²) < 4.78 is 23.3. The van der Waals surface area contributed by atoms with Gasteiger partial charge in [-0.2, -0.15) is 0 Å². The maximum absolute atomic E-state index is 13.4. The third-order valence-corrected chi connectivity index (χ3v) is 12.1. The van der Waals surface area contributed by atoms with Crippen LogP contribution in [0.5, 0.6) is 23.0 Å². The number of hydrogen-bond donors (Lipinski definition) is 0. The fourth-order valence-corrected chi connectivity index (χ4v) is 8.89. The zero-order valence-electron chi connectivity index (χ0n) is 28.7. The van der Waals surface area contributed by atoms with Crippen molar-refractivity contribution in [2.45, 2.75) is 75.0 Å². The van der Waals surface area contributed by atoms with Crippen molar-refractivity contribution in [3.63, 3.8) is 0 Å². The van der Waals surface area contributed by atoms with Crippen LogP contribution in [-0.4, -0.2) is 23.9 Å². The van der Waals surface area contributed by atoms with E-state index < -0.39 is 23.8 Å². The van der Waals surface area contributed by atoms with E-state index in [0.717, 1.165) is 34.7 Å². The molecule has 3 aromatic rings. The second-order valence-corrected chi connectivity index (χ2v) is 15.5. The number of carbonyl (C=O) groups is 4. The number of hydrogen-bond acceptors (Lipinski definition) is 11. The van der Waals surface area contributed by atoms with Crippen LogP contribution in [-0.2, 0) is 19.2 Å². The van der Waals surface area contributed by atoms with Crippen LogP contribution in [0.1, 0.15) is 62.5 Å². The molecule has 0 unspecified atom stereocenters. The molecule has 0 saturated heterocycles. The number of benzene rings is 3. The van der Waals surface area contributed by atoms with Gasteiger partial charge in [-0.05, 0) is 102 Å². The van der Waals surface area contributed by atoms with Crippen molar-refractivity contribution in [1.82, 2.24) is 0 Å². The van der Waals surface area contributed by atoms with Crippen LogP contribution in [0.25, 0.3) is 4.85 Å². The van der Waals surface area contributed by atoms with Crippen molar-refractivity contribution in [1.29, 1.82) is 5.26 Å². The van der Waals surface area contributed by atoms with Crippen molar-refractivity contribution < 1.29 is 38.1 Å². The summed E-state index contributed by atoms with van der Waals surface area (Å²) in [6.07, 6.45) is 3.78. The lowest BCUT2D eigenvalue weighted by atomic mass is 9.82. The Morgan fingerprint density at radius 1 is 0.596 bits per heavy atom. The molecule has 0 radical (unpaired) electrons. The highest BCUT2D eigenvalue weighted by molar-refractivity contribution is 8.24. The first-order chi connectivity index (χ1) is 25.1. The van der Waals surface area contributed by atoms with Crippen LogP contribution >= 0.6 is 23.5 Å². The van der Waals surface area contributed by atoms with Crippen LogP contribution in [0.2, 0.25) is 0 Å². The van der Waals surface area contributed by atoms with Gasteiger partial charge in [0.2, 0.25) is 0 Å². The molecule has 10 nitrogen and oxygen atoms in total. The molecule has 0 atom stereocenters. The lowest BCUT2D eigenvalue weighted by Gasteiger charge is -2.26. The highest BCUT2D eigenvalue weighted by Crippen LogP contribution is 2.59. The van der Waals surface area contributed by atoms with Gasteiger partial charge in [0.25, 0.3) is 5.70 Å². The molecule has 2 saturated carbocycles. The summed E-state index contributed by atoms with van der Waals surface area (Å²) in [6, 6.07) is 19.6. The summed E-state index contributed by atoms with van der Waals surface area (Å²) in [5, 5.41) is 9.56. The summed E-state index contributed by atoms with van der Waals surface area (Å²) in [7, 11) is 0. The fourth-order valence-electron chi connectivity index (χ4n) is 6.42.